The molecule has 0 atom stereocenters. The van der Waals surface area contributed by atoms with Crippen molar-refractivity contribution < 1.29 is 9.90 Å². The number of hydrogen-bond donors (Lipinski definition) is 2. The van der Waals surface area contributed by atoms with Crippen molar-refractivity contribution in [1.82, 2.24) is 4.98 Å². The second-order valence-corrected chi connectivity index (χ2v) is 1.61. The minimum Gasteiger partial charge on any atom is -0.400 e. The van der Waals surface area contributed by atoms with Crippen LogP contribution in [0.4, 0.5) is 5.82 Å². The van der Waals surface area contributed by atoms with Crippen molar-refractivity contribution in [1.29, 1.82) is 0 Å². The zero-order chi connectivity index (χ0) is 8.69. The summed E-state index contributed by atoms with van der Waals surface area (Å²) in [5.74, 6) is 0.375. The first-order chi connectivity index (χ1) is 5.33. The maximum atomic E-state index is 10.0. The highest BCUT2D eigenvalue weighted by Gasteiger charge is 1.88. The number of anilines is 1. The molecule has 0 aromatic carbocycles. The van der Waals surface area contributed by atoms with Crippen LogP contribution in [0.1, 0.15) is 10.5 Å². The van der Waals surface area contributed by atoms with Crippen LogP contribution >= 0.6 is 0 Å². The molecule has 4 heteroatoms. The van der Waals surface area contributed by atoms with E-state index in [1.54, 1.807) is 18.2 Å². The Morgan fingerprint density at radius 1 is 1.55 bits per heavy atom. The summed E-state index contributed by atoms with van der Waals surface area (Å²) in [6.45, 7) is 0. The highest BCUT2D eigenvalue weighted by Crippen LogP contribution is 1.96. The van der Waals surface area contributed by atoms with Gasteiger partial charge in [-0.25, -0.2) is 4.98 Å². The quantitative estimate of drug-likeness (QED) is 0.562. The van der Waals surface area contributed by atoms with Crippen LogP contribution in [0.15, 0.2) is 18.2 Å². The monoisotopic (exact) mass is 154 g/mol. The third kappa shape index (κ3) is 3.32. The Labute approximate surface area is 64.7 Å². The van der Waals surface area contributed by atoms with E-state index < -0.39 is 0 Å². The van der Waals surface area contributed by atoms with E-state index in [2.05, 4.69) is 4.98 Å². The lowest BCUT2D eigenvalue weighted by molar-refractivity contribution is 0.111. The van der Waals surface area contributed by atoms with Crippen molar-refractivity contribution in [2.75, 3.05) is 12.8 Å². The summed E-state index contributed by atoms with van der Waals surface area (Å²) in [6, 6.07) is 4.92. The number of aldehydes is 1. The van der Waals surface area contributed by atoms with Gasteiger partial charge >= 0.3 is 0 Å². The Morgan fingerprint density at radius 3 is 2.55 bits per heavy atom. The molecule has 0 radical (unpaired) electrons. The van der Waals surface area contributed by atoms with Gasteiger partial charge in [0.25, 0.3) is 0 Å². The normalized spacial score (nSPS) is 7.82. The van der Waals surface area contributed by atoms with E-state index in [9.17, 15) is 4.79 Å². The van der Waals surface area contributed by atoms with Gasteiger partial charge in [0.15, 0.2) is 6.29 Å². The van der Waals surface area contributed by atoms with E-state index in [1.165, 1.54) is 0 Å². The molecule has 60 valence electrons. The number of hydrogen-bond acceptors (Lipinski definition) is 4. The van der Waals surface area contributed by atoms with E-state index in [0.29, 0.717) is 17.8 Å². The number of nitrogen functional groups attached to an aromatic ring is 1. The smallest absolute Gasteiger partial charge is 0.168 e. The third-order valence-corrected chi connectivity index (χ3v) is 0.913. The SMILES string of the molecule is CO.Nc1cccc(C=O)n1. The zero-order valence-electron chi connectivity index (χ0n) is 6.19. The van der Waals surface area contributed by atoms with E-state index in [1.807, 2.05) is 0 Å². The van der Waals surface area contributed by atoms with Gasteiger partial charge in [-0.15, -0.1) is 0 Å². The summed E-state index contributed by atoms with van der Waals surface area (Å²) < 4.78 is 0. The second kappa shape index (κ2) is 5.37. The van der Waals surface area contributed by atoms with E-state index in [0.717, 1.165) is 7.11 Å². The molecule has 0 unspecified atom stereocenters. The average molecular weight is 154 g/mol. The predicted molar refractivity (Wildman–Crippen MR) is 42.2 cm³/mol. The van der Waals surface area contributed by atoms with Crippen LogP contribution < -0.4 is 5.73 Å². The average Bonchev–Trinajstić information content (AvgIpc) is 2.08. The fourth-order valence-corrected chi connectivity index (χ4v) is 0.535. The predicted octanol–water partition coefficient (Wildman–Crippen LogP) is 0.0848. The molecular formula is C7H10N2O2. The van der Waals surface area contributed by atoms with Gasteiger partial charge in [0.2, 0.25) is 0 Å². The number of aliphatic hydroxyl groups is 1. The molecule has 1 aromatic rings. The van der Waals surface area contributed by atoms with Gasteiger partial charge in [-0.2, -0.15) is 0 Å². The largest absolute Gasteiger partial charge is 0.400 e. The molecule has 0 saturated heterocycles. The Bertz CT molecular complexity index is 225. The lowest BCUT2D eigenvalue weighted by atomic mass is 10.4. The molecule has 11 heavy (non-hydrogen) atoms. The standard InChI is InChI=1S/C6H6N2O.CH4O/c7-6-3-1-2-5(4-9)8-6;1-2/h1-4H,(H2,7,8);2H,1H3. The number of nitrogens with two attached hydrogens (primary N) is 1. The fourth-order valence-electron chi connectivity index (χ4n) is 0.535. The molecule has 0 spiro atoms. The minimum absolute atomic E-state index is 0.370. The summed E-state index contributed by atoms with van der Waals surface area (Å²) in [6.07, 6.45) is 0.663. The molecule has 0 amide bonds. The molecule has 0 fully saturated rings. The number of carbonyl (C=O) groups is 1. The number of aliphatic hydroxyl groups excluding tert-OH is 1. The van der Waals surface area contributed by atoms with Gasteiger partial charge < -0.3 is 10.8 Å². The van der Waals surface area contributed by atoms with Crippen molar-refractivity contribution in [2.45, 2.75) is 0 Å². The number of rotatable bonds is 1. The van der Waals surface area contributed by atoms with Crippen LogP contribution in [0.25, 0.3) is 0 Å². The van der Waals surface area contributed by atoms with Gasteiger partial charge in [0.05, 0.1) is 0 Å². The first-order valence-electron chi connectivity index (χ1n) is 2.95. The second-order valence-electron chi connectivity index (χ2n) is 1.61. The molecule has 0 aliphatic heterocycles. The molecule has 1 heterocycles. The highest BCUT2D eigenvalue weighted by molar-refractivity contribution is 5.72. The van der Waals surface area contributed by atoms with E-state index in [4.69, 9.17) is 10.8 Å². The number of aromatic nitrogens is 1. The Kier molecular flexibility index (Phi) is 4.68. The Morgan fingerprint density at radius 2 is 2.18 bits per heavy atom. The van der Waals surface area contributed by atoms with Gasteiger partial charge in [-0.1, -0.05) is 6.07 Å². The fraction of sp³-hybridized carbons (Fsp3) is 0.143. The summed E-state index contributed by atoms with van der Waals surface area (Å²) in [5, 5.41) is 7.00. The third-order valence-electron chi connectivity index (χ3n) is 0.913. The van der Waals surface area contributed by atoms with Crippen LogP contribution in [0.5, 0.6) is 0 Å². The first kappa shape index (κ1) is 9.58. The molecule has 0 saturated carbocycles. The molecular weight excluding hydrogens is 144 g/mol. The topological polar surface area (TPSA) is 76.2 Å². The molecule has 0 aliphatic rings. The van der Waals surface area contributed by atoms with Gasteiger partial charge in [0.1, 0.15) is 11.5 Å². The van der Waals surface area contributed by atoms with Gasteiger partial charge in [-0.05, 0) is 12.1 Å². The maximum Gasteiger partial charge on any atom is 0.168 e. The lowest BCUT2D eigenvalue weighted by Crippen LogP contribution is -1.92. The van der Waals surface area contributed by atoms with Crippen molar-refractivity contribution in [3.63, 3.8) is 0 Å². The van der Waals surface area contributed by atoms with Crippen molar-refractivity contribution >= 4 is 12.1 Å². The summed E-state index contributed by atoms with van der Waals surface area (Å²) in [7, 11) is 1.00. The van der Waals surface area contributed by atoms with Crippen molar-refractivity contribution in [3.05, 3.63) is 23.9 Å². The molecule has 0 aliphatic carbocycles. The van der Waals surface area contributed by atoms with E-state index in [-0.39, 0.29) is 0 Å². The first-order valence-corrected chi connectivity index (χ1v) is 2.95. The van der Waals surface area contributed by atoms with Gasteiger partial charge in [0, 0.05) is 7.11 Å². The summed E-state index contributed by atoms with van der Waals surface area (Å²) >= 11 is 0. The van der Waals surface area contributed by atoms with Crippen LogP contribution in [0.2, 0.25) is 0 Å². The van der Waals surface area contributed by atoms with Crippen molar-refractivity contribution in [2.24, 2.45) is 0 Å². The molecule has 0 bridgehead atoms. The summed E-state index contributed by atoms with van der Waals surface area (Å²) in [4.78, 5) is 13.7. The van der Waals surface area contributed by atoms with Crippen LogP contribution in [0, 0.1) is 0 Å². The lowest BCUT2D eigenvalue weighted by Gasteiger charge is -1.89. The van der Waals surface area contributed by atoms with Crippen molar-refractivity contribution in [3.8, 4) is 0 Å². The zero-order valence-corrected chi connectivity index (χ0v) is 6.19. The molecule has 4 nitrogen and oxygen atoms in total. The van der Waals surface area contributed by atoms with Crippen LogP contribution in [-0.2, 0) is 0 Å². The number of nitrogens with zero attached hydrogens (tertiary/aromatic N) is 1. The summed E-state index contributed by atoms with van der Waals surface area (Å²) in [5.41, 5.74) is 5.63. The molecule has 1 rings (SSSR count). The minimum atomic E-state index is 0.370. The Balaban J connectivity index is 0.000000461. The number of carbonyl (C=O) groups excluding carboxylic acids is 1. The molecule has 3 N–H and O–H groups in total. The highest BCUT2D eigenvalue weighted by atomic mass is 16.2. The maximum absolute atomic E-state index is 10.0. The number of pyridine rings is 1. The van der Waals surface area contributed by atoms with Gasteiger partial charge in [-0.3, -0.25) is 4.79 Å². The Hall–Kier alpha value is -1.42. The van der Waals surface area contributed by atoms with E-state index >= 15 is 0 Å². The van der Waals surface area contributed by atoms with Crippen LogP contribution in [0.3, 0.4) is 0 Å². The molecule has 1 aromatic heterocycles. The van der Waals surface area contributed by atoms with Crippen LogP contribution in [-0.4, -0.2) is 23.5 Å².